The van der Waals surface area contributed by atoms with E-state index < -0.39 is 11.8 Å². The highest BCUT2D eigenvalue weighted by Crippen LogP contribution is 2.20. The minimum atomic E-state index is -0.545. The number of halogens is 2. The van der Waals surface area contributed by atoms with Crippen LogP contribution in [0.3, 0.4) is 0 Å². The van der Waals surface area contributed by atoms with Gasteiger partial charge in [0.05, 0.1) is 17.2 Å². The number of rotatable bonds is 7. The summed E-state index contributed by atoms with van der Waals surface area (Å²) in [4.78, 5) is 24.1. The van der Waals surface area contributed by atoms with Crippen molar-refractivity contribution in [2.45, 2.75) is 6.92 Å². The summed E-state index contributed by atoms with van der Waals surface area (Å²) in [5, 5.41) is 0.608. The molecule has 0 heterocycles. The van der Waals surface area contributed by atoms with Crippen LogP contribution in [0.25, 0.3) is 0 Å². The zero-order chi connectivity index (χ0) is 18.9. The van der Waals surface area contributed by atoms with Crippen LogP contribution in [0.2, 0.25) is 10.0 Å². The Bertz CT molecular complexity index is 766. The third kappa shape index (κ3) is 5.91. The second-order valence-electron chi connectivity index (χ2n) is 5.10. The second-order valence-corrected chi connectivity index (χ2v) is 5.95. The van der Waals surface area contributed by atoms with E-state index in [2.05, 4.69) is 10.9 Å². The maximum atomic E-state index is 12.1. The zero-order valence-electron chi connectivity index (χ0n) is 14.1. The Hall–Kier alpha value is -2.28. The summed E-state index contributed by atoms with van der Waals surface area (Å²) in [5.41, 5.74) is 5.20. The molecule has 0 atom stereocenters. The van der Waals surface area contributed by atoms with E-state index in [0.717, 1.165) is 0 Å². The normalized spacial score (nSPS) is 10.3. The fourth-order valence-corrected chi connectivity index (χ4v) is 2.49. The number of nitrogens with one attached hydrogen (secondary N) is 2. The summed E-state index contributed by atoms with van der Waals surface area (Å²) in [6.07, 6.45) is 0. The first kappa shape index (κ1) is 20.0. The number of amides is 2. The topological polar surface area (TPSA) is 76.7 Å². The number of ether oxygens (including phenoxy) is 2. The Morgan fingerprint density at radius 1 is 0.962 bits per heavy atom. The first-order chi connectivity index (χ1) is 12.5. The lowest BCUT2D eigenvalue weighted by Crippen LogP contribution is -2.41. The summed E-state index contributed by atoms with van der Waals surface area (Å²) in [6.45, 7) is 3.47. The van der Waals surface area contributed by atoms with E-state index in [1.54, 1.807) is 24.3 Å². The maximum absolute atomic E-state index is 12.1. The van der Waals surface area contributed by atoms with Gasteiger partial charge in [-0.1, -0.05) is 23.2 Å². The smallest absolute Gasteiger partial charge is 0.271 e. The molecule has 0 bridgehead atoms. The quantitative estimate of drug-likeness (QED) is 0.554. The van der Waals surface area contributed by atoms with Crippen molar-refractivity contribution in [3.05, 3.63) is 63.6 Å². The van der Waals surface area contributed by atoms with Gasteiger partial charge in [-0.15, -0.1) is 0 Å². The lowest BCUT2D eigenvalue weighted by Gasteiger charge is -2.10. The van der Waals surface area contributed by atoms with E-state index in [4.69, 9.17) is 32.7 Å². The van der Waals surface area contributed by atoms with Crippen LogP contribution in [0, 0.1) is 0 Å². The SMILES string of the molecule is CCOCCOc1ccc(C(=O)NNC(=O)c2ccc(Cl)cc2Cl)cc1. The molecule has 26 heavy (non-hydrogen) atoms. The lowest BCUT2D eigenvalue weighted by atomic mass is 10.2. The van der Waals surface area contributed by atoms with Crippen molar-refractivity contribution in [2.24, 2.45) is 0 Å². The van der Waals surface area contributed by atoms with E-state index in [-0.39, 0.29) is 10.6 Å². The van der Waals surface area contributed by atoms with Gasteiger partial charge in [-0.25, -0.2) is 0 Å². The van der Waals surface area contributed by atoms with Crippen molar-refractivity contribution < 1.29 is 19.1 Å². The van der Waals surface area contributed by atoms with Crippen LogP contribution in [-0.4, -0.2) is 31.6 Å². The van der Waals surface area contributed by atoms with E-state index in [1.165, 1.54) is 18.2 Å². The number of hydrazine groups is 1. The first-order valence-corrected chi connectivity index (χ1v) is 8.63. The minimum absolute atomic E-state index is 0.192. The van der Waals surface area contributed by atoms with Gasteiger partial charge in [0.1, 0.15) is 12.4 Å². The summed E-state index contributed by atoms with van der Waals surface area (Å²) < 4.78 is 10.6. The average Bonchev–Trinajstić information content (AvgIpc) is 2.63. The van der Waals surface area contributed by atoms with Crippen molar-refractivity contribution in [1.29, 1.82) is 0 Å². The minimum Gasteiger partial charge on any atom is -0.491 e. The molecule has 0 aliphatic carbocycles. The van der Waals surface area contributed by atoms with Gasteiger partial charge in [-0.05, 0) is 49.4 Å². The standard InChI is InChI=1S/C18H18Cl2N2O4/c1-2-25-9-10-26-14-6-3-12(4-7-14)17(23)21-22-18(24)15-8-5-13(19)11-16(15)20/h3-8,11H,2,9-10H2,1H3,(H,21,23)(H,22,24). The molecule has 0 aromatic heterocycles. The fraction of sp³-hybridized carbons (Fsp3) is 0.222. The van der Waals surface area contributed by atoms with Crippen LogP contribution in [0.4, 0.5) is 0 Å². The number of hydrogen-bond donors (Lipinski definition) is 2. The molecule has 2 N–H and O–H groups in total. The van der Waals surface area contributed by atoms with Crippen LogP contribution in [0.5, 0.6) is 5.75 Å². The monoisotopic (exact) mass is 396 g/mol. The van der Waals surface area contributed by atoms with E-state index >= 15 is 0 Å². The van der Waals surface area contributed by atoms with E-state index in [0.29, 0.717) is 36.2 Å². The van der Waals surface area contributed by atoms with Crippen LogP contribution in [0.15, 0.2) is 42.5 Å². The molecule has 0 radical (unpaired) electrons. The molecule has 0 unspecified atom stereocenters. The molecule has 0 aliphatic rings. The molecule has 2 amide bonds. The van der Waals surface area contributed by atoms with E-state index in [1.807, 2.05) is 6.92 Å². The molecule has 0 saturated heterocycles. The Morgan fingerprint density at radius 2 is 1.65 bits per heavy atom. The summed E-state index contributed by atoms with van der Waals surface area (Å²) in [6, 6.07) is 11.0. The second kappa shape index (κ2) is 10.0. The molecule has 0 fully saturated rings. The van der Waals surface area contributed by atoms with E-state index in [9.17, 15) is 9.59 Å². The molecular formula is C18H18Cl2N2O4. The Morgan fingerprint density at radius 3 is 2.31 bits per heavy atom. The van der Waals surface area contributed by atoms with Gasteiger partial charge in [-0.3, -0.25) is 20.4 Å². The molecular weight excluding hydrogens is 379 g/mol. The zero-order valence-corrected chi connectivity index (χ0v) is 15.6. The number of hydrogen-bond acceptors (Lipinski definition) is 4. The Balaban J connectivity index is 1.86. The van der Waals surface area contributed by atoms with Crippen molar-refractivity contribution >= 4 is 35.0 Å². The Labute approximate surface area is 161 Å². The fourth-order valence-electron chi connectivity index (χ4n) is 1.99. The van der Waals surface area contributed by atoms with Crippen LogP contribution >= 0.6 is 23.2 Å². The van der Waals surface area contributed by atoms with Crippen molar-refractivity contribution in [3.8, 4) is 5.75 Å². The van der Waals surface area contributed by atoms with Crippen molar-refractivity contribution in [1.82, 2.24) is 10.9 Å². The highest BCUT2D eigenvalue weighted by molar-refractivity contribution is 6.36. The summed E-state index contributed by atoms with van der Waals surface area (Å²) in [5.74, 6) is -0.390. The highest BCUT2D eigenvalue weighted by atomic mass is 35.5. The van der Waals surface area contributed by atoms with Gasteiger partial charge in [0.25, 0.3) is 11.8 Å². The summed E-state index contributed by atoms with van der Waals surface area (Å²) in [7, 11) is 0. The first-order valence-electron chi connectivity index (χ1n) is 7.87. The Kier molecular flexibility index (Phi) is 7.72. The predicted molar refractivity (Wildman–Crippen MR) is 99.8 cm³/mol. The van der Waals surface area contributed by atoms with Crippen molar-refractivity contribution in [3.63, 3.8) is 0 Å². The highest BCUT2D eigenvalue weighted by Gasteiger charge is 2.12. The third-order valence-electron chi connectivity index (χ3n) is 3.28. The average molecular weight is 397 g/mol. The van der Waals surface area contributed by atoms with Crippen LogP contribution in [-0.2, 0) is 4.74 Å². The summed E-state index contributed by atoms with van der Waals surface area (Å²) >= 11 is 11.7. The molecule has 2 aromatic carbocycles. The van der Waals surface area contributed by atoms with Gasteiger partial charge in [0.15, 0.2) is 0 Å². The molecule has 0 aliphatic heterocycles. The maximum Gasteiger partial charge on any atom is 0.271 e. The van der Waals surface area contributed by atoms with Gasteiger partial charge < -0.3 is 9.47 Å². The van der Waals surface area contributed by atoms with Gasteiger partial charge in [-0.2, -0.15) is 0 Å². The molecule has 6 nitrogen and oxygen atoms in total. The molecule has 2 rings (SSSR count). The number of carbonyl (C=O) groups excluding carboxylic acids is 2. The molecule has 138 valence electrons. The molecule has 8 heteroatoms. The predicted octanol–water partition coefficient (Wildman–Crippen LogP) is 3.48. The third-order valence-corrected chi connectivity index (χ3v) is 3.83. The van der Waals surface area contributed by atoms with Crippen LogP contribution in [0.1, 0.15) is 27.6 Å². The number of benzene rings is 2. The largest absolute Gasteiger partial charge is 0.491 e. The number of carbonyl (C=O) groups is 2. The van der Waals surface area contributed by atoms with Crippen molar-refractivity contribution in [2.75, 3.05) is 19.8 Å². The van der Waals surface area contributed by atoms with Gasteiger partial charge in [0, 0.05) is 17.2 Å². The lowest BCUT2D eigenvalue weighted by molar-refractivity contribution is 0.0846. The van der Waals surface area contributed by atoms with Gasteiger partial charge in [0.2, 0.25) is 0 Å². The van der Waals surface area contributed by atoms with Gasteiger partial charge >= 0.3 is 0 Å². The van der Waals surface area contributed by atoms with Crippen LogP contribution < -0.4 is 15.6 Å². The molecule has 0 saturated carbocycles. The molecule has 2 aromatic rings. The molecule has 0 spiro atoms.